The van der Waals surface area contributed by atoms with Crippen LogP contribution in [0.1, 0.15) is 30.9 Å². The standard InChI is InChI=1S/C16H20O2/c1-4-5-6-12-9-16(17)11(2)14-8-7-13(18-3)10-15(12)14/h7-10,17H,4-6H2,1-3H3. The second kappa shape index (κ2) is 5.30. The third-order valence-electron chi connectivity index (χ3n) is 3.47. The highest BCUT2D eigenvalue weighted by Crippen LogP contribution is 2.33. The Morgan fingerprint density at radius 2 is 1.94 bits per heavy atom. The third-order valence-corrected chi connectivity index (χ3v) is 3.47. The van der Waals surface area contributed by atoms with Gasteiger partial charge < -0.3 is 9.84 Å². The fourth-order valence-electron chi connectivity index (χ4n) is 2.31. The van der Waals surface area contributed by atoms with Crippen LogP contribution in [0.5, 0.6) is 11.5 Å². The first kappa shape index (κ1) is 12.7. The number of ether oxygens (including phenoxy) is 1. The maximum absolute atomic E-state index is 9.99. The zero-order valence-electron chi connectivity index (χ0n) is 11.3. The molecule has 0 amide bonds. The predicted molar refractivity (Wildman–Crippen MR) is 75.5 cm³/mol. The highest BCUT2D eigenvalue weighted by Gasteiger charge is 2.09. The number of rotatable bonds is 4. The largest absolute Gasteiger partial charge is 0.508 e. The molecule has 0 saturated carbocycles. The molecule has 0 aliphatic heterocycles. The summed E-state index contributed by atoms with van der Waals surface area (Å²) in [7, 11) is 1.68. The lowest BCUT2D eigenvalue weighted by atomic mass is 9.96. The quantitative estimate of drug-likeness (QED) is 0.873. The highest BCUT2D eigenvalue weighted by atomic mass is 16.5. The van der Waals surface area contributed by atoms with Crippen LogP contribution in [0.4, 0.5) is 0 Å². The van der Waals surface area contributed by atoms with E-state index in [0.29, 0.717) is 5.75 Å². The molecule has 0 aliphatic carbocycles. The van der Waals surface area contributed by atoms with Gasteiger partial charge in [0.15, 0.2) is 0 Å². The van der Waals surface area contributed by atoms with E-state index in [9.17, 15) is 5.11 Å². The molecule has 2 aromatic rings. The summed E-state index contributed by atoms with van der Waals surface area (Å²) in [4.78, 5) is 0. The smallest absolute Gasteiger partial charge is 0.119 e. The Bertz CT molecular complexity index is 559. The monoisotopic (exact) mass is 244 g/mol. The van der Waals surface area contributed by atoms with Crippen molar-refractivity contribution in [3.8, 4) is 11.5 Å². The maximum Gasteiger partial charge on any atom is 0.119 e. The van der Waals surface area contributed by atoms with Gasteiger partial charge in [0.05, 0.1) is 7.11 Å². The Balaban J connectivity index is 2.63. The molecular weight excluding hydrogens is 224 g/mol. The molecule has 0 radical (unpaired) electrons. The molecule has 2 rings (SSSR count). The van der Waals surface area contributed by atoms with Crippen LogP contribution in [0.25, 0.3) is 10.8 Å². The van der Waals surface area contributed by atoms with Crippen LogP contribution in [0, 0.1) is 6.92 Å². The van der Waals surface area contributed by atoms with Crippen LogP contribution in [0.2, 0.25) is 0 Å². The van der Waals surface area contributed by atoms with E-state index in [1.807, 2.05) is 25.1 Å². The van der Waals surface area contributed by atoms with E-state index in [4.69, 9.17) is 4.74 Å². The second-order valence-corrected chi connectivity index (χ2v) is 4.69. The van der Waals surface area contributed by atoms with E-state index in [0.717, 1.165) is 36.0 Å². The number of benzene rings is 2. The molecule has 18 heavy (non-hydrogen) atoms. The molecule has 0 heterocycles. The summed E-state index contributed by atoms with van der Waals surface area (Å²) in [6, 6.07) is 7.93. The Morgan fingerprint density at radius 1 is 1.17 bits per heavy atom. The molecule has 0 bridgehead atoms. The van der Waals surface area contributed by atoms with Crippen molar-refractivity contribution in [3.63, 3.8) is 0 Å². The molecule has 2 heteroatoms. The van der Waals surface area contributed by atoms with Crippen LogP contribution in [-0.4, -0.2) is 12.2 Å². The van der Waals surface area contributed by atoms with Gasteiger partial charge in [-0.2, -0.15) is 0 Å². The summed E-state index contributed by atoms with van der Waals surface area (Å²) >= 11 is 0. The lowest BCUT2D eigenvalue weighted by Gasteiger charge is -2.12. The van der Waals surface area contributed by atoms with Crippen LogP contribution in [0.15, 0.2) is 24.3 Å². The number of fused-ring (bicyclic) bond motifs is 1. The first-order chi connectivity index (χ1) is 8.67. The molecule has 0 aromatic heterocycles. The SMILES string of the molecule is CCCCc1cc(O)c(C)c2ccc(OC)cc12. The van der Waals surface area contributed by atoms with Gasteiger partial charge in [0, 0.05) is 0 Å². The molecule has 0 fully saturated rings. The van der Waals surface area contributed by atoms with Crippen LogP contribution >= 0.6 is 0 Å². The minimum atomic E-state index is 0.388. The van der Waals surface area contributed by atoms with Gasteiger partial charge in [-0.15, -0.1) is 0 Å². The van der Waals surface area contributed by atoms with Gasteiger partial charge in [-0.05, 0) is 59.9 Å². The van der Waals surface area contributed by atoms with Crippen LogP contribution in [-0.2, 0) is 6.42 Å². The minimum Gasteiger partial charge on any atom is -0.508 e. The summed E-state index contributed by atoms with van der Waals surface area (Å²) < 4.78 is 5.29. The molecule has 2 nitrogen and oxygen atoms in total. The minimum absolute atomic E-state index is 0.388. The second-order valence-electron chi connectivity index (χ2n) is 4.69. The molecule has 0 atom stereocenters. The van der Waals surface area contributed by atoms with E-state index >= 15 is 0 Å². The van der Waals surface area contributed by atoms with Crippen molar-refractivity contribution in [2.45, 2.75) is 33.1 Å². The topological polar surface area (TPSA) is 29.5 Å². The van der Waals surface area contributed by atoms with Gasteiger partial charge in [0.25, 0.3) is 0 Å². The van der Waals surface area contributed by atoms with Gasteiger partial charge in [-0.25, -0.2) is 0 Å². The number of phenolic OH excluding ortho intramolecular Hbond substituents is 1. The summed E-state index contributed by atoms with van der Waals surface area (Å²) in [5.74, 6) is 1.25. The number of hydrogen-bond donors (Lipinski definition) is 1. The Hall–Kier alpha value is -1.70. The maximum atomic E-state index is 9.99. The van der Waals surface area contributed by atoms with E-state index in [-0.39, 0.29) is 0 Å². The van der Waals surface area contributed by atoms with Crippen LogP contribution in [0.3, 0.4) is 0 Å². The Kier molecular flexibility index (Phi) is 3.75. The highest BCUT2D eigenvalue weighted by molar-refractivity contribution is 5.91. The van der Waals surface area contributed by atoms with Gasteiger partial charge >= 0.3 is 0 Å². The van der Waals surface area contributed by atoms with E-state index < -0.39 is 0 Å². The van der Waals surface area contributed by atoms with Crippen molar-refractivity contribution in [1.29, 1.82) is 0 Å². The molecule has 0 spiro atoms. The predicted octanol–water partition coefficient (Wildman–Crippen LogP) is 4.21. The lowest BCUT2D eigenvalue weighted by molar-refractivity contribution is 0.415. The average Bonchev–Trinajstić information content (AvgIpc) is 2.40. The Morgan fingerprint density at radius 3 is 2.61 bits per heavy atom. The normalized spacial score (nSPS) is 10.8. The Labute approximate surface area is 108 Å². The van der Waals surface area contributed by atoms with Gasteiger partial charge in [-0.1, -0.05) is 19.4 Å². The molecule has 1 N–H and O–H groups in total. The number of aryl methyl sites for hydroxylation is 2. The van der Waals surface area contributed by atoms with Crippen molar-refractivity contribution in [1.82, 2.24) is 0 Å². The first-order valence-electron chi connectivity index (χ1n) is 6.46. The lowest BCUT2D eigenvalue weighted by Crippen LogP contribution is -1.92. The molecule has 96 valence electrons. The zero-order valence-corrected chi connectivity index (χ0v) is 11.3. The molecule has 0 saturated heterocycles. The molecule has 0 aliphatic rings. The number of aromatic hydroxyl groups is 1. The van der Waals surface area contributed by atoms with Gasteiger partial charge in [-0.3, -0.25) is 0 Å². The van der Waals surface area contributed by atoms with E-state index in [1.54, 1.807) is 7.11 Å². The summed E-state index contributed by atoms with van der Waals surface area (Å²) in [6.45, 7) is 4.13. The third kappa shape index (κ3) is 2.28. The number of hydrogen-bond acceptors (Lipinski definition) is 2. The average molecular weight is 244 g/mol. The molecular formula is C16H20O2. The van der Waals surface area contributed by atoms with Crippen molar-refractivity contribution < 1.29 is 9.84 Å². The number of unbranched alkanes of at least 4 members (excludes halogenated alkanes) is 1. The van der Waals surface area contributed by atoms with Gasteiger partial charge in [0.2, 0.25) is 0 Å². The van der Waals surface area contributed by atoms with E-state index in [1.165, 1.54) is 10.9 Å². The summed E-state index contributed by atoms with van der Waals surface area (Å²) in [5.41, 5.74) is 2.14. The summed E-state index contributed by atoms with van der Waals surface area (Å²) in [6.07, 6.45) is 3.28. The fourth-order valence-corrected chi connectivity index (χ4v) is 2.31. The number of methoxy groups -OCH3 is 1. The van der Waals surface area contributed by atoms with Crippen LogP contribution < -0.4 is 4.74 Å². The van der Waals surface area contributed by atoms with Crippen molar-refractivity contribution in [2.24, 2.45) is 0 Å². The van der Waals surface area contributed by atoms with Crippen molar-refractivity contribution >= 4 is 10.8 Å². The fraction of sp³-hybridized carbons (Fsp3) is 0.375. The zero-order chi connectivity index (χ0) is 13.1. The van der Waals surface area contributed by atoms with Crippen molar-refractivity contribution in [3.05, 3.63) is 35.4 Å². The molecule has 0 unspecified atom stereocenters. The first-order valence-corrected chi connectivity index (χ1v) is 6.46. The summed E-state index contributed by atoms with van der Waals surface area (Å²) in [5, 5.41) is 12.3. The van der Waals surface area contributed by atoms with E-state index in [2.05, 4.69) is 13.0 Å². The van der Waals surface area contributed by atoms with Crippen molar-refractivity contribution in [2.75, 3.05) is 7.11 Å². The van der Waals surface area contributed by atoms with Gasteiger partial charge in [0.1, 0.15) is 11.5 Å². The number of phenols is 1. The molecule has 2 aromatic carbocycles.